The van der Waals surface area contributed by atoms with Gasteiger partial charge in [0.25, 0.3) is 0 Å². The maximum atomic E-state index is 14.2. The number of hydrogen-bond donors (Lipinski definition) is 1. The number of piperidine rings is 1. The van der Waals surface area contributed by atoms with E-state index in [1.54, 1.807) is 0 Å². The number of amides is 1. The van der Waals surface area contributed by atoms with E-state index in [2.05, 4.69) is 36.1 Å². The lowest BCUT2D eigenvalue weighted by Crippen LogP contribution is -2.49. The third-order valence-electron chi connectivity index (χ3n) is 7.95. The zero-order chi connectivity index (χ0) is 26.5. The average molecular weight is 533 g/mol. The van der Waals surface area contributed by atoms with Crippen LogP contribution in [0.25, 0.3) is 10.4 Å². The van der Waals surface area contributed by atoms with Crippen LogP contribution in [0.2, 0.25) is 0 Å². The van der Waals surface area contributed by atoms with Crippen LogP contribution in [0.15, 0.2) is 66.7 Å². The van der Waals surface area contributed by atoms with Gasteiger partial charge in [0.1, 0.15) is 0 Å². The summed E-state index contributed by atoms with van der Waals surface area (Å²) in [5, 5.41) is 9.81. The number of carbonyl (C=O) groups is 2. The van der Waals surface area contributed by atoms with E-state index in [1.807, 2.05) is 47.4 Å². The summed E-state index contributed by atoms with van der Waals surface area (Å²) in [6.45, 7) is 4.92. The SMILES string of the molecule is CC1CCC(C(=O)N(c2cc(-c3ccccc3)sc2OC(=O)O)C2CCN(Cc3ccccc3)CC2)CC1. The summed E-state index contributed by atoms with van der Waals surface area (Å²) in [4.78, 5) is 31.1. The van der Waals surface area contributed by atoms with Crippen LogP contribution in [0.4, 0.5) is 10.5 Å². The maximum Gasteiger partial charge on any atom is 0.512 e. The molecule has 3 aromatic rings. The standard InChI is InChI=1S/C31H36N2O4S/c1-22-12-14-25(15-13-22)29(34)33(26-16-18-32(19-17-26)21-23-8-4-2-5-9-23)27-20-28(24-10-6-3-7-11-24)38-30(27)37-31(35)36/h2-11,20,22,25-26H,12-19,21H2,1H3,(H,35,36). The van der Waals surface area contributed by atoms with Gasteiger partial charge in [0, 0.05) is 36.5 Å². The van der Waals surface area contributed by atoms with Crippen molar-refractivity contribution in [2.45, 2.75) is 58.0 Å². The molecule has 0 bridgehead atoms. The molecule has 6 nitrogen and oxygen atoms in total. The molecule has 1 N–H and O–H groups in total. The van der Waals surface area contributed by atoms with Crippen molar-refractivity contribution in [1.82, 2.24) is 4.90 Å². The quantitative estimate of drug-likeness (QED) is 0.324. The molecule has 1 saturated heterocycles. The number of hydrogen-bond acceptors (Lipinski definition) is 5. The first-order chi connectivity index (χ1) is 18.5. The van der Waals surface area contributed by atoms with Gasteiger partial charge in [-0.3, -0.25) is 9.69 Å². The summed E-state index contributed by atoms with van der Waals surface area (Å²) in [6.07, 6.45) is 4.19. The van der Waals surface area contributed by atoms with E-state index in [4.69, 9.17) is 4.74 Å². The molecule has 7 heteroatoms. The van der Waals surface area contributed by atoms with E-state index in [-0.39, 0.29) is 22.9 Å². The number of likely N-dealkylation sites (tertiary alicyclic amines) is 1. The molecule has 1 aliphatic heterocycles. The summed E-state index contributed by atoms with van der Waals surface area (Å²) < 4.78 is 5.30. The highest BCUT2D eigenvalue weighted by atomic mass is 32.1. The summed E-state index contributed by atoms with van der Waals surface area (Å²) in [5.74, 6) is 0.725. The van der Waals surface area contributed by atoms with E-state index in [0.717, 1.165) is 68.6 Å². The Hall–Kier alpha value is -3.16. The fourth-order valence-corrected chi connectivity index (χ4v) is 6.81. The first kappa shape index (κ1) is 26.4. The minimum absolute atomic E-state index is 0.00300. The molecule has 38 heavy (non-hydrogen) atoms. The van der Waals surface area contributed by atoms with Gasteiger partial charge in [-0.25, -0.2) is 4.79 Å². The van der Waals surface area contributed by atoms with Crippen LogP contribution in [0.1, 0.15) is 51.0 Å². The third kappa shape index (κ3) is 6.27. The van der Waals surface area contributed by atoms with Crippen molar-refractivity contribution in [3.63, 3.8) is 0 Å². The van der Waals surface area contributed by atoms with Crippen LogP contribution < -0.4 is 9.64 Å². The molecule has 0 atom stereocenters. The van der Waals surface area contributed by atoms with Gasteiger partial charge in [-0.1, -0.05) is 78.9 Å². The van der Waals surface area contributed by atoms with Crippen LogP contribution in [0, 0.1) is 11.8 Å². The Balaban J connectivity index is 1.44. The number of ether oxygens (including phenoxy) is 1. The minimum atomic E-state index is -1.36. The van der Waals surface area contributed by atoms with E-state index >= 15 is 0 Å². The molecular weight excluding hydrogens is 496 g/mol. The number of carboxylic acid groups (broad SMARTS) is 1. The highest BCUT2D eigenvalue weighted by Crippen LogP contribution is 2.45. The number of thiophene rings is 1. The van der Waals surface area contributed by atoms with Crippen molar-refractivity contribution >= 4 is 29.1 Å². The molecule has 2 aliphatic rings. The van der Waals surface area contributed by atoms with Crippen LogP contribution in [-0.4, -0.2) is 41.2 Å². The predicted octanol–water partition coefficient (Wildman–Crippen LogP) is 7.30. The lowest BCUT2D eigenvalue weighted by atomic mass is 9.82. The molecule has 2 fully saturated rings. The highest BCUT2D eigenvalue weighted by Gasteiger charge is 2.37. The fraction of sp³-hybridized carbons (Fsp3) is 0.419. The smallest absolute Gasteiger partial charge is 0.449 e. The van der Waals surface area contributed by atoms with Crippen molar-refractivity contribution in [1.29, 1.82) is 0 Å². The normalized spacial score (nSPS) is 20.7. The van der Waals surface area contributed by atoms with Crippen LogP contribution in [0.5, 0.6) is 5.06 Å². The van der Waals surface area contributed by atoms with Gasteiger partial charge in [0.15, 0.2) is 0 Å². The Bertz CT molecular complexity index is 1210. The maximum absolute atomic E-state index is 14.2. The topological polar surface area (TPSA) is 70.1 Å². The van der Waals surface area contributed by atoms with Gasteiger partial charge < -0.3 is 14.7 Å². The second kappa shape index (κ2) is 12.1. The Morgan fingerprint density at radius 1 is 0.947 bits per heavy atom. The van der Waals surface area contributed by atoms with E-state index in [0.29, 0.717) is 11.6 Å². The third-order valence-corrected chi connectivity index (χ3v) is 9.00. The van der Waals surface area contributed by atoms with E-state index in [9.17, 15) is 14.7 Å². The summed E-state index contributed by atoms with van der Waals surface area (Å²) >= 11 is 1.29. The van der Waals surface area contributed by atoms with Crippen LogP contribution in [-0.2, 0) is 11.3 Å². The lowest BCUT2D eigenvalue weighted by Gasteiger charge is -2.40. The Morgan fingerprint density at radius 2 is 1.58 bits per heavy atom. The largest absolute Gasteiger partial charge is 0.512 e. The Morgan fingerprint density at radius 3 is 2.21 bits per heavy atom. The van der Waals surface area contributed by atoms with Crippen molar-refractivity contribution < 1.29 is 19.4 Å². The molecule has 1 aliphatic carbocycles. The van der Waals surface area contributed by atoms with Gasteiger partial charge in [-0.05, 0) is 61.6 Å². The Labute approximate surface area is 228 Å². The highest BCUT2D eigenvalue weighted by molar-refractivity contribution is 7.18. The second-order valence-electron chi connectivity index (χ2n) is 10.7. The summed E-state index contributed by atoms with van der Waals surface area (Å²) in [6, 6.07) is 22.3. The number of nitrogens with zero attached hydrogens (tertiary/aromatic N) is 2. The van der Waals surface area contributed by atoms with Gasteiger partial charge in [0.2, 0.25) is 11.0 Å². The lowest BCUT2D eigenvalue weighted by molar-refractivity contribution is -0.124. The van der Waals surface area contributed by atoms with Gasteiger partial charge in [-0.15, -0.1) is 0 Å². The van der Waals surface area contributed by atoms with Crippen molar-refractivity contribution in [3.8, 4) is 15.5 Å². The molecule has 2 heterocycles. The van der Waals surface area contributed by atoms with Crippen molar-refractivity contribution in [2.75, 3.05) is 18.0 Å². The van der Waals surface area contributed by atoms with Gasteiger partial charge >= 0.3 is 6.16 Å². The van der Waals surface area contributed by atoms with Crippen LogP contribution in [0.3, 0.4) is 0 Å². The first-order valence-electron chi connectivity index (χ1n) is 13.7. The van der Waals surface area contributed by atoms with Crippen LogP contribution >= 0.6 is 11.3 Å². The molecular formula is C31H36N2O4S. The molecule has 1 aromatic heterocycles. The van der Waals surface area contributed by atoms with Crippen molar-refractivity contribution in [3.05, 3.63) is 72.3 Å². The van der Waals surface area contributed by atoms with Gasteiger partial charge in [-0.2, -0.15) is 0 Å². The number of rotatable bonds is 7. The molecule has 200 valence electrons. The fourth-order valence-electron chi connectivity index (χ4n) is 5.81. The van der Waals surface area contributed by atoms with E-state index in [1.165, 1.54) is 16.9 Å². The molecule has 5 rings (SSSR count). The summed E-state index contributed by atoms with van der Waals surface area (Å²) in [5.41, 5.74) is 2.87. The molecule has 1 amide bonds. The molecule has 0 spiro atoms. The molecule has 0 unspecified atom stereocenters. The molecule has 2 aromatic carbocycles. The number of carbonyl (C=O) groups excluding carboxylic acids is 1. The average Bonchev–Trinajstić information content (AvgIpc) is 3.33. The minimum Gasteiger partial charge on any atom is -0.449 e. The molecule has 0 radical (unpaired) electrons. The first-order valence-corrected chi connectivity index (χ1v) is 14.5. The predicted molar refractivity (Wildman–Crippen MR) is 152 cm³/mol. The zero-order valence-electron chi connectivity index (χ0n) is 21.9. The Kier molecular flexibility index (Phi) is 8.45. The second-order valence-corrected chi connectivity index (χ2v) is 11.7. The van der Waals surface area contributed by atoms with Crippen molar-refractivity contribution in [2.24, 2.45) is 11.8 Å². The monoisotopic (exact) mass is 532 g/mol. The zero-order valence-corrected chi connectivity index (χ0v) is 22.7. The summed E-state index contributed by atoms with van der Waals surface area (Å²) in [7, 11) is 0. The van der Waals surface area contributed by atoms with E-state index < -0.39 is 6.16 Å². The van der Waals surface area contributed by atoms with Gasteiger partial charge in [0.05, 0.1) is 5.69 Å². The molecule has 1 saturated carbocycles. The number of benzene rings is 2. The number of anilines is 1.